The number of amides is 1. The van der Waals surface area contributed by atoms with E-state index in [1.807, 2.05) is 24.3 Å². The van der Waals surface area contributed by atoms with Crippen LogP contribution in [0.5, 0.6) is 0 Å². The number of benzene rings is 1. The molecule has 0 fully saturated rings. The van der Waals surface area contributed by atoms with Crippen molar-refractivity contribution in [2.45, 2.75) is 6.54 Å². The summed E-state index contributed by atoms with van der Waals surface area (Å²) in [7, 11) is 1.54. The van der Waals surface area contributed by atoms with E-state index in [2.05, 4.69) is 15.9 Å². The Bertz CT molecular complexity index is 314. The molecule has 0 heterocycles. The summed E-state index contributed by atoms with van der Waals surface area (Å²) < 4.78 is 0.933. The van der Waals surface area contributed by atoms with Crippen LogP contribution in [0.1, 0.15) is 5.56 Å². The number of halogens is 1. The largest absolute Gasteiger partial charge is 0.465 e. The summed E-state index contributed by atoms with van der Waals surface area (Å²) in [5.74, 6) is 0. The Labute approximate surface area is 85.1 Å². The summed E-state index contributed by atoms with van der Waals surface area (Å²) in [6.45, 7) is 0.400. The molecule has 70 valence electrons. The number of nitrogens with zero attached hydrogens (tertiary/aromatic N) is 1. The number of hydrogen-bond acceptors (Lipinski definition) is 1. The van der Waals surface area contributed by atoms with E-state index in [9.17, 15) is 4.79 Å². The number of rotatable bonds is 2. The summed E-state index contributed by atoms with van der Waals surface area (Å²) in [5.41, 5.74) is 0.965. The van der Waals surface area contributed by atoms with Crippen LogP contribution >= 0.6 is 15.9 Å². The highest BCUT2D eigenvalue weighted by atomic mass is 79.9. The lowest BCUT2D eigenvalue weighted by molar-refractivity contribution is 0.153. The molecule has 0 atom stereocenters. The second kappa shape index (κ2) is 4.28. The fourth-order valence-corrected chi connectivity index (χ4v) is 1.36. The minimum absolute atomic E-state index is 0.400. The average molecular weight is 244 g/mol. The number of hydrogen-bond donors (Lipinski definition) is 1. The molecular weight excluding hydrogens is 234 g/mol. The van der Waals surface area contributed by atoms with Crippen molar-refractivity contribution in [3.63, 3.8) is 0 Å². The molecule has 0 unspecified atom stereocenters. The van der Waals surface area contributed by atoms with Crippen molar-refractivity contribution in [1.29, 1.82) is 0 Å². The van der Waals surface area contributed by atoms with Crippen LogP contribution in [0.2, 0.25) is 0 Å². The lowest BCUT2D eigenvalue weighted by Gasteiger charge is -2.13. The first-order valence-corrected chi connectivity index (χ1v) is 4.58. The Hall–Kier alpha value is -1.03. The van der Waals surface area contributed by atoms with Gasteiger partial charge in [-0.3, -0.25) is 0 Å². The fraction of sp³-hybridized carbons (Fsp3) is 0.222. The molecule has 4 heteroatoms. The van der Waals surface area contributed by atoms with E-state index in [0.717, 1.165) is 10.0 Å². The second-order valence-electron chi connectivity index (χ2n) is 2.73. The molecule has 1 aromatic carbocycles. The van der Waals surface area contributed by atoms with E-state index in [4.69, 9.17) is 5.11 Å². The lowest BCUT2D eigenvalue weighted by atomic mass is 10.2. The van der Waals surface area contributed by atoms with Gasteiger partial charge < -0.3 is 10.0 Å². The van der Waals surface area contributed by atoms with Crippen LogP contribution in [0.4, 0.5) is 4.79 Å². The Morgan fingerprint density at radius 3 is 2.69 bits per heavy atom. The maximum absolute atomic E-state index is 10.5. The highest BCUT2D eigenvalue weighted by molar-refractivity contribution is 9.10. The SMILES string of the molecule is CN(Cc1ccccc1Br)C(=O)O. The van der Waals surface area contributed by atoms with Crippen molar-refractivity contribution in [2.75, 3.05) is 7.05 Å². The molecule has 0 bridgehead atoms. The van der Waals surface area contributed by atoms with E-state index in [1.165, 1.54) is 4.90 Å². The van der Waals surface area contributed by atoms with Gasteiger partial charge in [0.05, 0.1) is 0 Å². The summed E-state index contributed by atoms with van der Waals surface area (Å²) in [6, 6.07) is 7.57. The maximum atomic E-state index is 10.5. The minimum atomic E-state index is -0.921. The molecule has 1 N–H and O–H groups in total. The molecule has 1 amide bonds. The van der Waals surface area contributed by atoms with Crippen molar-refractivity contribution >= 4 is 22.0 Å². The maximum Gasteiger partial charge on any atom is 0.407 e. The van der Waals surface area contributed by atoms with Gasteiger partial charge in [-0.25, -0.2) is 4.79 Å². The fourth-order valence-electron chi connectivity index (χ4n) is 0.950. The minimum Gasteiger partial charge on any atom is -0.465 e. The average Bonchev–Trinajstić information content (AvgIpc) is 2.08. The summed E-state index contributed by atoms with van der Waals surface area (Å²) in [5, 5.41) is 8.64. The number of carboxylic acid groups (broad SMARTS) is 1. The highest BCUT2D eigenvalue weighted by Crippen LogP contribution is 2.16. The molecule has 13 heavy (non-hydrogen) atoms. The molecule has 1 rings (SSSR count). The van der Waals surface area contributed by atoms with Crippen LogP contribution in [0.3, 0.4) is 0 Å². The van der Waals surface area contributed by atoms with Crippen molar-refractivity contribution in [3.05, 3.63) is 34.3 Å². The third-order valence-corrected chi connectivity index (χ3v) is 2.47. The van der Waals surface area contributed by atoms with Gasteiger partial charge in [0.15, 0.2) is 0 Å². The molecule has 0 aliphatic carbocycles. The third-order valence-electron chi connectivity index (χ3n) is 1.69. The van der Waals surface area contributed by atoms with Gasteiger partial charge in [-0.2, -0.15) is 0 Å². The first-order chi connectivity index (χ1) is 6.11. The monoisotopic (exact) mass is 243 g/mol. The van der Waals surface area contributed by atoms with Crippen LogP contribution in [0, 0.1) is 0 Å². The van der Waals surface area contributed by atoms with Gasteiger partial charge in [-0.15, -0.1) is 0 Å². The second-order valence-corrected chi connectivity index (χ2v) is 3.58. The van der Waals surface area contributed by atoms with Gasteiger partial charge in [-0.05, 0) is 11.6 Å². The topological polar surface area (TPSA) is 40.5 Å². The standard InChI is InChI=1S/C9H10BrNO2/c1-11(9(12)13)6-7-4-2-3-5-8(7)10/h2-5H,6H2,1H3,(H,12,13). The Morgan fingerprint density at radius 1 is 1.54 bits per heavy atom. The van der Waals surface area contributed by atoms with E-state index in [0.29, 0.717) is 6.54 Å². The van der Waals surface area contributed by atoms with Crippen LogP contribution in [-0.2, 0) is 6.54 Å². The molecule has 0 saturated carbocycles. The predicted octanol–water partition coefficient (Wildman–Crippen LogP) is 2.56. The molecule has 0 spiro atoms. The molecule has 0 aliphatic heterocycles. The molecule has 1 aromatic rings. The Balaban J connectivity index is 2.74. The zero-order valence-electron chi connectivity index (χ0n) is 7.20. The van der Waals surface area contributed by atoms with Gasteiger partial charge >= 0.3 is 6.09 Å². The van der Waals surface area contributed by atoms with Crippen molar-refractivity contribution < 1.29 is 9.90 Å². The van der Waals surface area contributed by atoms with Crippen molar-refractivity contribution in [2.24, 2.45) is 0 Å². The van der Waals surface area contributed by atoms with Crippen molar-refractivity contribution in [1.82, 2.24) is 4.90 Å². The zero-order valence-corrected chi connectivity index (χ0v) is 8.78. The van der Waals surface area contributed by atoms with Crippen LogP contribution < -0.4 is 0 Å². The highest BCUT2D eigenvalue weighted by Gasteiger charge is 2.07. The van der Waals surface area contributed by atoms with Crippen LogP contribution in [0.25, 0.3) is 0 Å². The first-order valence-electron chi connectivity index (χ1n) is 3.78. The number of carbonyl (C=O) groups is 1. The van der Waals surface area contributed by atoms with Crippen LogP contribution in [-0.4, -0.2) is 23.1 Å². The normalized spacial score (nSPS) is 9.69. The molecule has 3 nitrogen and oxygen atoms in total. The quantitative estimate of drug-likeness (QED) is 0.868. The summed E-state index contributed by atoms with van der Waals surface area (Å²) in [4.78, 5) is 11.8. The Kier molecular flexibility index (Phi) is 3.31. The smallest absolute Gasteiger partial charge is 0.407 e. The molecular formula is C9H10BrNO2. The van der Waals surface area contributed by atoms with E-state index in [1.54, 1.807) is 7.05 Å². The van der Waals surface area contributed by atoms with Gasteiger partial charge in [-0.1, -0.05) is 34.1 Å². The third kappa shape index (κ3) is 2.73. The molecule has 0 radical (unpaired) electrons. The summed E-state index contributed by atoms with van der Waals surface area (Å²) >= 11 is 3.35. The van der Waals surface area contributed by atoms with Crippen molar-refractivity contribution in [3.8, 4) is 0 Å². The zero-order chi connectivity index (χ0) is 9.84. The lowest BCUT2D eigenvalue weighted by Crippen LogP contribution is -2.23. The van der Waals surface area contributed by atoms with Gasteiger partial charge in [0.2, 0.25) is 0 Å². The molecule has 0 aromatic heterocycles. The summed E-state index contributed by atoms with van der Waals surface area (Å²) in [6.07, 6.45) is -0.921. The van der Waals surface area contributed by atoms with E-state index >= 15 is 0 Å². The molecule has 0 aliphatic rings. The molecule has 0 saturated heterocycles. The van der Waals surface area contributed by atoms with Crippen LogP contribution in [0.15, 0.2) is 28.7 Å². The Morgan fingerprint density at radius 2 is 2.15 bits per heavy atom. The predicted molar refractivity (Wildman–Crippen MR) is 53.6 cm³/mol. The van der Waals surface area contributed by atoms with Gasteiger partial charge in [0, 0.05) is 18.1 Å². The van der Waals surface area contributed by atoms with Gasteiger partial charge in [0.1, 0.15) is 0 Å². The van der Waals surface area contributed by atoms with E-state index < -0.39 is 6.09 Å². The first kappa shape index (κ1) is 10.1. The van der Waals surface area contributed by atoms with E-state index in [-0.39, 0.29) is 0 Å². The van der Waals surface area contributed by atoms with Gasteiger partial charge in [0.25, 0.3) is 0 Å².